The van der Waals surface area contributed by atoms with Crippen LogP contribution >= 0.6 is 0 Å². The van der Waals surface area contributed by atoms with Gasteiger partial charge in [-0.25, -0.2) is 15.0 Å². The maximum atomic E-state index is 9.67. The number of pyridine rings is 2. The number of benzene rings is 2. The normalized spacial score (nSPS) is 10.9. The predicted molar refractivity (Wildman–Crippen MR) is 136 cm³/mol. The zero-order chi connectivity index (χ0) is 24.4. The highest BCUT2D eigenvalue weighted by molar-refractivity contribution is 5.76. The molecule has 0 fully saturated rings. The van der Waals surface area contributed by atoms with Crippen LogP contribution in [-0.2, 0) is 13.0 Å². The highest BCUT2D eigenvalue weighted by atomic mass is 16.5. The van der Waals surface area contributed by atoms with Crippen LogP contribution in [0.2, 0.25) is 0 Å². The Morgan fingerprint density at radius 1 is 0.971 bits per heavy atom. The van der Waals surface area contributed by atoms with E-state index < -0.39 is 0 Å². The van der Waals surface area contributed by atoms with Crippen molar-refractivity contribution in [3.8, 4) is 28.8 Å². The Balaban J connectivity index is 1.46. The van der Waals surface area contributed by atoms with Crippen LogP contribution in [0.1, 0.15) is 35.1 Å². The van der Waals surface area contributed by atoms with E-state index in [9.17, 15) is 5.26 Å². The maximum absolute atomic E-state index is 9.67. The molecule has 0 aliphatic rings. The standard InChI is InChI=1S/C29H25N5O/c1-4-26-33-28-19(2)15-20(3)32-29(28)34(26)18-21-8-10-22(11-9-21)25-16-24(13-12-23(25)17-30)35-27-7-5-6-14-31-27/h5-16H,4,18H2,1-3H3. The molecule has 0 aliphatic carbocycles. The summed E-state index contributed by atoms with van der Waals surface area (Å²) in [6.07, 6.45) is 2.52. The van der Waals surface area contributed by atoms with Gasteiger partial charge >= 0.3 is 0 Å². The number of fused-ring (bicyclic) bond motifs is 1. The molecule has 0 aliphatic heterocycles. The van der Waals surface area contributed by atoms with Crippen LogP contribution in [0.5, 0.6) is 11.6 Å². The van der Waals surface area contributed by atoms with Crippen molar-refractivity contribution in [1.29, 1.82) is 5.26 Å². The first-order valence-corrected chi connectivity index (χ1v) is 11.6. The molecule has 172 valence electrons. The summed E-state index contributed by atoms with van der Waals surface area (Å²) in [6, 6.07) is 23.6. The largest absolute Gasteiger partial charge is 0.439 e. The van der Waals surface area contributed by atoms with Gasteiger partial charge in [-0.3, -0.25) is 0 Å². The lowest BCUT2D eigenvalue weighted by molar-refractivity contribution is 0.463. The molecule has 0 atom stereocenters. The number of aromatic nitrogens is 4. The number of nitriles is 1. The monoisotopic (exact) mass is 459 g/mol. The van der Waals surface area contributed by atoms with Crippen LogP contribution in [0.15, 0.2) is 72.9 Å². The molecule has 5 rings (SSSR count). The smallest absolute Gasteiger partial charge is 0.219 e. The molecular weight excluding hydrogens is 434 g/mol. The number of ether oxygens (including phenoxy) is 1. The molecule has 2 aromatic carbocycles. The van der Waals surface area contributed by atoms with E-state index in [0.29, 0.717) is 23.7 Å². The zero-order valence-electron chi connectivity index (χ0n) is 20.0. The Kier molecular flexibility index (Phi) is 5.99. The maximum Gasteiger partial charge on any atom is 0.219 e. The van der Waals surface area contributed by atoms with Gasteiger partial charge in [-0.2, -0.15) is 5.26 Å². The number of rotatable bonds is 6. The minimum atomic E-state index is 0.511. The summed E-state index contributed by atoms with van der Waals surface area (Å²) in [5, 5.41) is 9.67. The summed E-state index contributed by atoms with van der Waals surface area (Å²) >= 11 is 0. The van der Waals surface area contributed by atoms with E-state index in [2.05, 4.69) is 47.7 Å². The van der Waals surface area contributed by atoms with Crippen molar-refractivity contribution in [1.82, 2.24) is 19.5 Å². The van der Waals surface area contributed by atoms with Crippen molar-refractivity contribution in [2.45, 2.75) is 33.7 Å². The Morgan fingerprint density at radius 2 is 1.80 bits per heavy atom. The van der Waals surface area contributed by atoms with Crippen molar-refractivity contribution in [3.63, 3.8) is 0 Å². The Morgan fingerprint density at radius 3 is 2.51 bits per heavy atom. The number of hydrogen-bond donors (Lipinski definition) is 0. The minimum Gasteiger partial charge on any atom is -0.439 e. The van der Waals surface area contributed by atoms with Crippen LogP contribution < -0.4 is 4.74 Å². The predicted octanol–water partition coefficient (Wildman–Crippen LogP) is 6.38. The first-order chi connectivity index (χ1) is 17.1. The average Bonchev–Trinajstić information content (AvgIpc) is 3.22. The van der Waals surface area contributed by atoms with Crippen LogP contribution in [0.25, 0.3) is 22.3 Å². The van der Waals surface area contributed by atoms with Crippen LogP contribution in [0.4, 0.5) is 0 Å². The Hall–Kier alpha value is -4.50. The van der Waals surface area contributed by atoms with E-state index in [1.165, 1.54) is 0 Å². The molecule has 5 aromatic rings. The molecule has 6 heteroatoms. The van der Waals surface area contributed by atoms with Crippen molar-refractivity contribution in [2.75, 3.05) is 0 Å². The molecule has 0 radical (unpaired) electrons. The second-order valence-corrected chi connectivity index (χ2v) is 8.51. The Bertz CT molecular complexity index is 1550. The summed E-state index contributed by atoms with van der Waals surface area (Å²) in [4.78, 5) is 13.8. The van der Waals surface area contributed by atoms with E-state index in [4.69, 9.17) is 14.7 Å². The number of hydrogen-bond acceptors (Lipinski definition) is 5. The molecule has 35 heavy (non-hydrogen) atoms. The number of imidazole rings is 1. The van der Waals surface area contributed by atoms with Crippen LogP contribution in [0, 0.1) is 25.2 Å². The fourth-order valence-electron chi connectivity index (χ4n) is 4.31. The minimum absolute atomic E-state index is 0.511. The van der Waals surface area contributed by atoms with E-state index in [-0.39, 0.29) is 0 Å². The first-order valence-electron chi connectivity index (χ1n) is 11.6. The van der Waals surface area contributed by atoms with Gasteiger partial charge in [0.15, 0.2) is 5.65 Å². The van der Waals surface area contributed by atoms with Gasteiger partial charge < -0.3 is 9.30 Å². The number of aryl methyl sites for hydroxylation is 3. The summed E-state index contributed by atoms with van der Waals surface area (Å²) in [6.45, 7) is 6.90. The molecule has 0 unspecified atom stereocenters. The molecule has 0 spiro atoms. The summed E-state index contributed by atoms with van der Waals surface area (Å²) in [5.74, 6) is 2.17. The van der Waals surface area contributed by atoms with Crippen LogP contribution in [-0.4, -0.2) is 19.5 Å². The van der Waals surface area contributed by atoms with Gasteiger partial charge in [0.05, 0.1) is 18.2 Å². The third kappa shape index (κ3) is 4.49. The molecule has 0 saturated heterocycles. The van der Waals surface area contributed by atoms with E-state index in [1.54, 1.807) is 24.4 Å². The molecule has 3 heterocycles. The molecule has 3 aromatic heterocycles. The molecular formula is C29H25N5O. The molecule has 6 nitrogen and oxygen atoms in total. The zero-order valence-corrected chi connectivity index (χ0v) is 20.0. The highest BCUT2D eigenvalue weighted by Gasteiger charge is 2.14. The lowest BCUT2D eigenvalue weighted by atomic mass is 9.99. The molecule has 0 saturated carbocycles. The average molecular weight is 460 g/mol. The third-order valence-corrected chi connectivity index (χ3v) is 5.99. The quantitative estimate of drug-likeness (QED) is 0.294. The van der Waals surface area contributed by atoms with Gasteiger partial charge in [0, 0.05) is 29.9 Å². The van der Waals surface area contributed by atoms with Gasteiger partial charge in [0.25, 0.3) is 0 Å². The molecule has 0 N–H and O–H groups in total. The summed E-state index contributed by atoms with van der Waals surface area (Å²) in [7, 11) is 0. The summed E-state index contributed by atoms with van der Waals surface area (Å²) in [5.41, 5.74) is 7.54. The van der Waals surface area contributed by atoms with E-state index in [1.807, 2.05) is 37.3 Å². The molecule has 0 amide bonds. The molecule has 0 bridgehead atoms. The number of nitrogens with zero attached hydrogens (tertiary/aromatic N) is 5. The van der Waals surface area contributed by atoms with Crippen molar-refractivity contribution in [2.24, 2.45) is 0 Å². The van der Waals surface area contributed by atoms with Crippen molar-refractivity contribution < 1.29 is 4.74 Å². The SMILES string of the molecule is CCc1nc2c(C)cc(C)nc2n1Cc1ccc(-c2cc(Oc3ccccn3)ccc2C#N)cc1. The second-order valence-electron chi connectivity index (χ2n) is 8.51. The van der Waals surface area contributed by atoms with E-state index >= 15 is 0 Å². The third-order valence-electron chi connectivity index (χ3n) is 5.99. The highest BCUT2D eigenvalue weighted by Crippen LogP contribution is 2.30. The van der Waals surface area contributed by atoms with Crippen molar-refractivity contribution >= 4 is 11.2 Å². The van der Waals surface area contributed by atoms with Crippen LogP contribution in [0.3, 0.4) is 0 Å². The topological polar surface area (TPSA) is 76.6 Å². The van der Waals surface area contributed by atoms with Gasteiger partial charge in [-0.15, -0.1) is 0 Å². The Labute approximate surface area is 204 Å². The van der Waals surface area contributed by atoms with Crippen molar-refractivity contribution in [3.05, 3.63) is 101 Å². The van der Waals surface area contributed by atoms with E-state index in [0.717, 1.165) is 51.4 Å². The summed E-state index contributed by atoms with van der Waals surface area (Å²) < 4.78 is 8.08. The fraction of sp³-hybridized carbons (Fsp3) is 0.172. The lowest BCUT2D eigenvalue weighted by Crippen LogP contribution is -2.05. The fourth-order valence-corrected chi connectivity index (χ4v) is 4.31. The second kappa shape index (κ2) is 9.40. The van der Waals surface area contributed by atoms with Gasteiger partial charge in [-0.05, 0) is 60.9 Å². The van der Waals surface area contributed by atoms with Gasteiger partial charge in [0.1, 0.15) is 17.1 Å². The van der Waals surface area contributed by atoms with Gasteiger partial charge in [0.2, 0.25) is 5.88 Å². The van der Waals surface area contributed by atoms with Gasteiger partial charge in [-0.1, -0.05) is 37.3 Å². The first kappa shape index (κ1) is 22.3. The lowest BCUT2D eigenvalue weighted by Gasteiger charge is -2.11.